The van der Waals surface area contributed by atoms with Crippen LogP contribution < -0.4 is 0 Å². The minimum absolute atomic E-state index is 0.0318. The molecule has 1 aromatic carbocycles. The summed E-state index contributed by atoms with van der Waals surface area (Å²) >= 11 is 3.45. The first-order valence-electron chi connectivity index (χ1n) is 8.14. The third-order valence-corrected chi connectivity index (χ3v) is 5.99. The van der Waals surface area contributed by atoms with Gasteiger partial charge in [0.2, 0.25) is 5.91 Å². The molecule has 0 spiro atoms. The number of hydrogen-bond acceptors (Lipinski definition) is 3. The number of rotatable bonds is 3. The topological polar surface area (TPSA) is 66.8 Å². The van der Waals surface area contributed by atoms with E-state index < -0.39 is 16.8 Å². The molecule has 0 bridgehead atoms. The number of amides is 1. The zero-order valence-corrected chi connectivity index (χ0v) is 15.5. The number of fused-ring (bicyclic) bond motifs is 1. The Bertz CT molecular complexity index is 675. The minimum atomic E-state index is -0.860. The number of carboxylic acid groups (broad SMARTS) is 1. The van der Waals surface area contributed by atoms with Crippen LogP contribution in [-0.4, -0.2) is 48.2 Å². The monoisotopic (exact) mass is 395 g/mol. The Balaban J connectivity index is 1.87. The predicted octanol–water partition coefficient (Wildman–Crippen LogP) is 2.68. The van der Waals surface area contributed by atoms with E-state index in [1.165, 1.54) is 0 Å². The van der Waals surface area contributed by atoms with Gasteiger partial charge in [-0.15, -0.1) is 0 Å². The predicted molar refractivity (Wildman–Crippen MR) is 92.7 cm³/mol. The van der Waals surface area contributed by atoms with E-state index in [2.05, 4.69) is 15.9 Å². The molecule has 6 heteroatoms. The second-order valence-electron chi connectivity index (χ2n) is 7.30. The van der Waals surface area contributed by atoms with Gasteiger partial charge in [0, 0.05) is 30.1 Å². The van der Waals surface area contributed by atoms with Crippen molar-refractivity contribution in [1.82, 2.24) is 4.90 Å². The van der Waals surface area contributed by atoms with Gasteiger partial charge in [-0.25, -0.2) is 0 Å². The summed E-state index contributed by atoms with van der Waals surface area (Å²) in [5, 5.41) is 9.76. The molecule has 0 saturated carbocycles. The zero-order valence-electron chi connectivity index (χ0n) is 13.9. The van der Waals surface area contributed by atoms with Gasteiger partial charge in [0.25, 0.3) is 0 Å². The van der Waals surface area contributed by atoms with Crippen LogP contribution >= 0.6 is 15.9 Å². The van der Waals surface area contributed by atoms with Crippen LogP contribution in [-0.2, 0) is 19.7 Å². The van der Waals surface area contributed by atoms with Crippen molar-refractivity contribution in [3.63, 3.8) is 0 Å². The van der Waals surface area contributed by atoms with E-state index in [1.807, 2.05) is 38.1 Å². The number of aliphatic carboxylic acids is 1. The molecule has 1 amide bonds. The number of nitrogens with zero attached hydrogens (tertiary/aromatic N) is 1. The van der Waals surface area contributed by atoms with Gasteiger partial charge in [-0.1, -0.05) is 28.1 Å². The summed E-state index contributed by atoms with van der Waals surface area (Å²) in [5.41, 5.74) is -0.656. The standard InChI is InChI=1S/C18H22BrNO4/c1-17(2,12-4-3-5-14(19)8-12)15(21)20-9-13-10-24-7-6-18(13,11-20)16(22)23/h3-5,8,13H,6-7,9-11H2,1-2H3,(H,22,23)/t13-,18+/m0/s1. The smallest absolute Gasteiger partial charge is 0.311 e. The molecule has 1 aromatic rings. The van der Waals surface area contributed by atoms with Gasteiger partial charge in [0.15, 0.2) is 0 Å². The fourth-order valence-electron chi connectivity index (χ4n) is 3.85. The Kier molecular flexibility index (Phi) is 4.47. The third-order valence-electron chi connectivity index (χ3n) is 5.50. The molecule has 2 aliphatic rings. The van der Waals surface area contributed by atoms with Gasteiger partial charge in [-0.2, -0.15) is 0 Å². The van der Waals surface area contributed by atoms with Crippen LogP contribution in [0.5, 0.6) is 0 Å². The SMILES string of the molecule is CC(C)(C(=O)N1C[C@H]2COCC[C@@]2(C(=O)O)C1)c1cccc(Br)c1. The van der Waals surface area contributed by atoms with Crippen molar-refractivity contribution in [1.29, 1.82) is 0 Å². The van der Waals surface area contributed by atoms with Gasteiger partial charge in [-0.3, -0.25) is 9.59 Å². The maximum absolute atomic E-state index is 13.2. The number of ether oxygens (including phenoxy) is 1. The number of carbonyl (C=O) groups is 2. The van der Waals surface area contributed by atoms with Crippen molar-refractivity contribution in [2.24, 2.45) is 11.3 Å². The second kappa shape index (κ2) is 6.15. The summed E-state index contributed by atoms with van der Waals surface area (Å²) in [5.74, 6) is -0.979. The van der Waals surface area contributed by atoms with Crippen LogP contribution in [0.3, 0.4) is 0 Å². The molecule has 0 aliphatic carbocycles. The molecule has 0 aromatic heterocycles. The van der Waals surface area contributed by atoms with Crippen molar-refractivity contribution < 1.29 is 19.4 Å². The number of hydrogen-bond donors (Lipinski definition) is 1. The molecule has 0 unspecified atom stereocenters. The summed E-state index contributed by atoms with van der Waals surface area (Å²) < 4.78 is 6.39. The number of likely N-dealkylation sites (tertiary alicyclic amines) is 1. The van der Waals surface area contributed by atoms with Crippen molar-refractivity contribution in [3.8, 4) is 0 Å². The summed E-state index contributed by atoms with van der Waals surface area (Å²) in [7, 11) is 0. The van der Waals surface area contributed by atoms with Crippen LogP contribution in [0.4, 0.5) is 0 Å². The molecule has 2 atom stereocenters. The highest BCUT2D eigenvalue weighted by molar-refractivity contribution is 9.10. The number of benzene rings is 1. The lowest BCUT2D eigenvalue weighted by Crippen LogP contribution is -2.46. The molecule has 2 heterocycles. The molecule has 1 N–H and O–H groups in total. The first-order valence-corrected chi connectivity index (χ1v) is 8.93. The fraction of sp³-hybridized carbons (Fsp3) is 0.556. The molecule has 2 saturated heterocycles. The maximum atomic E-state index is 13.2. The quantitative estimate of drug-likeness (QED) is 0.853. The number of halogens is 1. The molecule has 130 valence electrons. The molecular weight excluding hydrogens is 374 g/mol. The van der Waals surface area contributed by atoms with E-state index in [4.69, 9.17) is 4.74 Å². The van der Waals surface area contributed by atoms with Crippen molar-refractivity contribution >= 4 is 27.8 Å². The van der Waals surface area contributed by atoms with Crippen molar-refractivity contribution in [2.45, 2.75) is 25.7 Å². The van der Waals surface area contributed by atoms with Crippen LogP contribution in [0.15, 0.2) is 28.7 Å². The average Bonchev–Trinajstić information content (AvgIpc) is 2.95. The first kappa shape index (κ1) is 17.4. The van der Waals surface area contributed by atoms with E-state index in [0.717, 1.165) is 10.0 Å². The molecule has 5 nitrogen and oxygen atoms in total. The highest BCUT2D eigenvalue weighted by Crippen LogP contribution is 2.44. The van der Waals surface area contributed by atoms with Crippen molar-refractivity contribution in [3.05, 3.63) is 34.3 Å². The molecule has 0 radical (unpaired) electrons. The van der Waals surface area contributed by atoms with E-state index >= 15 is 0 Å². The van der Waals surface area contributed by atoms with E-state index in [-0.39, 0.29) is 18.4 Å². The zero-order chi connectivity index (χ0) is 17.5. The highest BCUT2D eigenvalue weighted by atomic mass is 79.9. The van der Waals surface area contributed by atoms with Gasteiger partial charge in [0.05, 0.1) is 17.4 Å². The lowest BCUT2D eigenvalue weighted by Gasteiger charge is -2.34. The van der Waals surface area contributed by atoms with Crippen molar-refractivity contribution in [2.75, 3.05) is 26.3 Å². The third kappa shape index (κ3) is 2.75. The van der Waals surface area contributed by atoms with Gasteiger partial charge in [-0.05, 0) is 38.0 Å². The maximum Gasteiger partial charge on any atom is 0.311 e. The Morgan fingerprint density at radius 1 is 1.42 bits per heavy atom. The summed E-state index contributed by atoms with van der Waals surface area (Å²) in [6.07, 6.45) is 0.466. The number of carbonyl (C=O) groups excluding carboxylic acids is 1. The minimum Gasteiger partial charge on any atom is -0.481 e. The summed E-state index contributed by atoms with van der Waals surface area (Å²) in [6, 6.07) is 7.70. The van der Waals surface area contributed by atoms with Crippen LogP contribution in [0, 0.1) is 11.3 Å². The molecule has 24 heavy (non-hydrogen) atoms. The highest BCUT2D eigenvalue weighted by Gasteiger charge is 2.56. The lowest BCUT2D eigenvalue weighted by atomic mass is 9.74. The fourth-order valence-corrected chi connectivity index (χ4v) is 4.25. The van der Waals surface area contributed by atoms with Gasteiger partial charge in [0.1, 0.15) is 0 Å². The first-order chi connectivity index (χ1) is 11.3. The Labute approximate surface area is 150 Å². The van der Waals surface area contributed by atoms with E-state index in [0.29, 0.717) is 26.2 Å². The molecule has 3 rings (SSSR count). The molecule has 2 fully saturated rings. The Morgan fingerprint density at radius 2 is 2.17 bits per heavy atom. The number of carboxylic acids is 1. The van der Waals surface area contributed by atoms with E-state index in [9.17, 15) is 14.7 Å². The second-order valence-corrected chi connectivity index (χ2v) is 8.22. The average molecular weight is 396 g/mol. The summed E-state index contributed by atoms with van der Waals surface area (Å²) in [4.78, 5) is 26.8. The summed E-state index contributed by atoms with van der Waals surface area (Å²) in [6.45, 7) is 5.36. The largest absolute Gasteiger partial charge is 0.481 e. The Morgan fingerprint density at radius 3 is 2.79 bits per heavy atom. The molecule has 2 aliphatic heterocycles. The Hall–Kier alpha value is -1.40. The molecular formula is C18H22BrNO4. The lowest BCUT2D eigenvalue weighted by molar-refractivity contribution is -0.157. The van der Waals surface area contributed by atoms with Crippen LogP contribution in [0.1, 0.15) is 25.8 Å². The van der Waals surface area contributed by atoms with Crippen LogP contribution in [0.25, 0.3) is 0 Å². The van der Waals surface area contributed by atoms with Crippen LogP contribution in [0.2, 0.25) is 0 Å². The van der Waals surface area contributed by atoms with Gasteiger partial charge < -0.3 is 14.7 Å². The van der Waals surface area contributed by atoms with E-state index in [1.54, 1.807) is 4.90 Å². The van der Waals surface area contributed by atoms with Gasteiger partial charge >= 0.3 is 5.97 Å². The normalized spacial score (nSPS) is 27.0.